The van der Waals surface area contributed by atoms with Gasteiger partial charge in [-0.1, -0.05) is 6.07 Å². The van der Waals surface area contributed by atoms with Crippen molar-refractivity contribution in [1.82, 2.24) is 10.2 Å². The van der Waals surface area contributed by atoms with Crippen LogP contribution in [0.25, 0.3) is 0 Å². The summed E-state index contributed by atoms with van der Waals surface area (Å²) in [7, 11) is 0. The van der Waals surface area contributed by atoms with Crippen LogP contribution < -0.4 is 5.32 Å². The number of hydrogen-bond donors (Lipinski definition) is 2. The van der Waals surface area contributed by atoms with E-state index in [0.717, 1.165) is 25.9 Å². The fourth-order valence-electron chi connectivity index (χ4n) is 2.35. The molecule has 0 aromatic heterocycles. The van der Waals surface area contributed by atoms with E-state index in [4.69, 9.17) is 5.11 Å². The lowest BCUT2D eigenvalue weighted by Crippen LogP contribution is -2.45. The summed E-state index contributed by atoms with van der Waals surface area (Å²) >= 11 is 0. The molecule has 21 heavy (non-hydrogen) atoms. The van der Waals surface area contributed by atoms with Crippen LogP contribution in [0.3, 0.4) is 0 Å². The summed E-state index contributed by atoms with van der Waals surface area (Å²) < 4.78 is 0. The average Bonchev–Trinajstić information content (AvgIpc) is 3.00. The molecule has 0 saturated carbocycles. The minimum absolute atomic E-state index is 0.0428. The van der Waals surface area contributed by atoms with Gasteiger partial charge in [0, 0.05) is 18.7 Å². The molecule has 1 unspecified atom stereocenters. The van der Waals surface area contributed by atoms with Gasteiger partial charge in [-0.25, -0.2) is 4.79 Å². The third-order valence-corrected chi connectivity index (χ3v) is 3.51. The number of likely N-dealkylation sites (tertiary alicyclic amines) is 1. The summed E-state index contributed by atoms with van der Waals surface area (Å²) in [6, 6.07) is 5.12. The maximum atomic E-state index is 12.1. The molecule has 0 aliphatic carbocycles. The molecule has 1 heterocycles. The van der Waals surface area contributed by atoms with Crippen LogP contribution in [0.15, 0.2) is 24.3 Å². The first-order valence-electron chi connectivity index (χ1n) is 6.92. The summed E-state index contributed by atoms with van der Waals surface area (Å²) in [4.78, 5) is 36.8. The van der Waals surface area contributed by atoms with Gasteiger partial charge in [-0.05, 0) is 38.0 Å². The Hall–Kier alpha value is -2.37. The third kappa shape index (κ3) is 3.59. The lowest BCUT2D eigenvalue weighted by Gasteiger charge is -2.21. The second-order valence-electron chi connectivity index (χ2n) is 5.11. The lowest BCUT2D eigenvalue weighted by molar-refractivity contribution is -0.131. The zero-order chi connectivity index (χ0) is 15.4. The molecule has 6 heteroatoms. The van der Waals surface area contributed by atoms with Gasteiger partial charge in [0.1, 0.15) is 6.04 Å². The monoisotopic (exact) mass is 290 g/mol. The number of nitrogens with one attached hydrogen (secondary N) is 1. The topological polar surface area (TPSA) is 86.7 Å². The van der Waals surface area contributed by atoms with E-state index in [0.29, 0.717) is 0 Å². The maximum absolute atomic E-state index is 12.1. The number of nitrogens with zero attached hydrogens (tertiary/aromatic N) is 1. The van der Waals surface area contributed by atoms with Crippen LogP contribution in [-0.4, -0.2) is 46.9 Å². The maximum Gasteiger partial charge on any atom is 0.335 e. The number of aromatic carboxylic acids is 1. The van der Waals surface area contributed by atoms with Crippen molar-refractivity contribution in [3.63, 3.8) is 0 Å². The molecule has 2 rings (SSSR count). The van der Waals surface area contributed by atoms with Gasteiger partial charge in [-0.3, -0.25) is 9.59 Å². The Bertz CT molecular complexity index is 565. The molecule has 1 aromatic rings. The highest BCUT2D eigenvalue weighted by Gasteiger charge is 2.24. The molecule has 1 aromatic carbocycles. The number of carboxylic acid groups (broad SMARTS) is 1. The Morgan fingerprint density at radius 3 is 2.43 bits per heavy atom. The Morgan fingerprint density at radius 1 is 1.19 bits per heavy atom. The minimum Gasteiger partial charge on any atom is -0.478 e. The Labute approximate surface area is 122 Å². The molecule has 0 radical (unpaired) electrons. The SMILES string of the molecule is CC(NC(=O)c1cccc(C(=O)O)c1)C(=O)N1CCCC1. The fourth-order valence-corrected chi connectivity index (χ4v) is 2.35. The van der Waals surface area contributed by atoms with E-state index < -0.39 is 17.9 Å². The van der Waals surface area contributed by atoms with Crippen LogP contribution in [0, 0.1) is 0 Å². The molecular weight excluding hydrogens is 272 g/mol. The van der Waals surface area contributed by atoms with Crippen molar-refractivity contribution in [3.05, 3.63) is 35.4 Å². The highest BCUT2D eigenvalue weighted by atomic mass is 16.4. The van der Waals surface area contributed by atoms with Crippen LogP contribution in [-0.2, 0) is 4.79 Å². The van der Waals surface area contributed by atoms with E-state index in [9.17, 15) is 14.4 Å². The zero-order valence-electron chi connectivity index (χ0n) is 11.8. The van der Waals surface area contributed by atoms with Crippen molar-refractivity contribution in [2.24, 2.45) is 0 Å². The van der Waals surface area contributed by atoms with Gasteiger partial charge < -0.3 is 15.3 Å². The molecular formula is C15H18N2O4. The molecule has 112 valence electrons. The molecule has 6 nitrogen and oxygen atoms in total. The zero-order valence-corrected chi connectivity index (χ0v) is 11.8. The van der Waals surface area contributed by atoms with Crippen molar-refractivity contribution < 1.29 is 19.5 Å². The molecule has 1 atom stereocenters. The molecule has 1 fully saturated rings. The Balaban J connectivity index is 2.01. The normalized spacial score (nSPS) is 15.6. The number of carboxylic acids is 1. The molecule has 2 N–H and O–H groups in total. The fraction of sp³-hybridized carbons (Fsp3) is 0.400. The van der Waals surface area contributed by atoms with Crippen molar-refractivity contribution >= 4 is 17.8 Å². The second kappa shape index (κ2) is 6.39. The van der Waals surface area contributed by atoms with Gasteiger partial charge >= 0.3 is 5.97 Å². The van der Waals surface area contributed by atoms with Gasteiger partial charge in [-0.15, -0.1) is 0 Å². The third-order valence-electron chi connectivity index (χ3n) is 3.51. The summed E-state index contributed by atoms with van der Waals surface area (Å²) in [5.74, 6) is -1.64. The predicted molar refractivity (Wildman–Crippen MR) is 76.1 cm³/mol. The number of benzene rings is 1. The number of carbonyl (C=O) groups is 3. The Kier molecular flexibility index (Phi) is 4.57. The van der Waals surface area contributed by atoms with Gasteiger partial charge in [0.05, 0.1) is 5.56 Å². The van der Waals surface area contributed by atoms with E-state index in [2.05, 4.69) is 5.32 Å². The summed E-state index contributed by atoms with van der Waals surface area (Å²) in [6.45, 7) is 3.10. The van der Waals surface area contributed by atoms with Crippen molar-refractivity contribution in [2.75, 3.05) is 13.1 Å². The summed E-state index contributed by atoms with van der Waals surface area (Å²) in [6.07, 6.45) is 1.99. The van der Waals surface area contributed by atoms with Crippen LogP contribution in [0.5, 0.6) is 0 Å². The standard InChI is InChI=1S/C15H18N2O4/c1-10(14(19)17-7-2-3-8-17)16-13(18)11-5-4-6-12(9-11)15(20)21/h4-6,9-10H,2-3,7-8H2,1H3,(H,16,18)(H,20,21). The quantitative estimate of drug-likeness (QED) is 0.870. The second-order valence-corrected chi connectivity index (χ2v) is 5.11. The van der Waals surface area contributed by atoms with Gasteiger partial charge in [-0.2, -0.15) is 0 Å². The first-order chi connectivity index (χ1) is 9.99. The molecule has 1 aliphatic heterocycles. The van der Waals surface area contributed by atoms with Gasteiger partial charge in [0.15, 0.2) is 0 Å². The van der Waals surface area contributed by atoms with E-state index in [1.165, 1.54) is 24.3 Å². The van der Waals surface area contributed by atoms with Crippen LogP contribution in [0.1, 0.15) is 40.5 Å². The van der Waals surface area contributed by atoms with Crippen molar-refractivity contribution in [1.29, 1.82) is 0 Å². The molecule has 1 aliphatic rings. The average molecular weight is 290 g/mol. The van der Waals surface area contributed by atoms with Crippen LogP contribution in [0.4, 0.5) is 0 Å². The molecule has 0 spiro atoms. The summed E-state index contributed by atoms with van der Waals surface area (Å²) in [5, 5.41) is 11.5. The highest BCUT2D eigenvalue weighted by molar-refractivity contribution is 5.99. The smallest absolute Gasteiger partial charge is 0.335 e. The Morgan fingerprint density at radius 2 is 1.81 bits per heavy atom. The summed E-state index contributed by atoms with van der Waals surface area (Å²) in [5.41, 5.74) is 0.275. The number of rotatable bonds is 4. The van der Waals surface area contributed by atoms with E-state index in [-0.39, 0.29) is 17.0 Å². The first-order valence-corrected chi connectivity index (χ1v) is 6.92. The van der Waals surface area contributed by atoms with Gasteiger partial charge in [0.25, 0.3) is 5.91 Å². The van der Waals surface area contributed by atoms with E-state index in [1.54, 1.807) is 11.8 Å². The largest absolute Gasteiger partial charge is 0.478 e. The minimum atomic E-state index is -1.09. The van der Waals surface area contributed by atoms with E-state index >= 15 is 0 Å². The number of amides is 2. The number of carbonyl (C=O) groups excluding carboxylic acids is 2. The van der Waals surface area contributed by atoms with Gasteiger partial charge in [0.2, 0.25) is 5.91 Å². The highest BCUT2D eigenvalue weighted by Crippen LogP contribution is 2.10. The molecule has 2 amide bonds. The van der Waals surface area contributed by atoms with Crippen molar-refractivity contribution in [2.45, 2.75) is 25.8 Å². The molecule has 0 bridgehead atoms. The predicted octanol–water partition coefficient (Wildman–Crippen LogP) is 1.13. The molecule has 1 saturated heterocycles. The first kappa shape index (κ1) is 15.0. The lowest BCUT2D eigenvalue weighted by atomic mass is 10.1. The van der Waals surface area contributed by atoms with Crippen LogP contribution >= 0.6 is 0 Å². The van der Waals surface area contributed by atoms with E-state index in [1.807, 2.05) is 0 Å². The van der Waals surface area contributed by atoms with Crippen molar-refractivity contribution in [3.8, 4) is 0 Å². The van der Waals surface area contributed by atoms with Crippen LogP contribution in [0.2, 0.25) is 0 Å². The number of hydrogen-bond acceptors (Lipinski definition) is 3.